The monoisotopic (exact) mass is 216 g/mol. The van der Waals surface area contributed by atoms with Gasteiger partial charge in [-0.3, -0.25) is 0 Å². The molecule has 7 heteroatoms. The van der Waals surface area contributed by atoms with E-state index in [0.717, 1.165) is 0 Å². The maximum Gasteiger partial charge on any atom is 0 e. The Bertz CT molecular complexity index is 75.8. The van der Waals surface area contributed by atoms with Gasteiger partial charge in [-0.25, -0.2) is 0 Å². The zero-order chi connectivity index (χ0) is 5.21. The molecule has 2 N–H and O–H groups in total. The van der Waals surface area contributed by atoms with Crippen molar-refractivity contribution < 1.29 is 53.4 Å². The normalized spacial score (nSPS) is 10.3. The topological polar surface area (TPSA) is 66.8 Å². The van der Waals surface area contributed by atoms with Crippen LogP contribution in [0.4, 0.5) is 0 Å². The average Bonchev–Trinajstić information content (AvgIpc) is 1.35. The van der Waals surface area contributed by atoms with Gasteiger partial charge in [0.15, 0.2) is 0 Å². The van der Waals surface area contributed by atoms with Crippen molar-refractivity contribution in [3.05, 3.63) is 0 Å². The van der Waals surface area contributed by atoms with Crippen molar-refractivity contribution in [2.45, 2.75) is 0 Å². The van der Waals surface area contributed by atoms with Gasteiger partial charge in [0.2, 0.25) is 0 Å². The van der Waals surface area contributed by atoms with Crippen LogP contribution in [0.5, 0.6) is 0 Å². The van der Waals surface area contributed by atoms with Gasteiger partial charge in [0.1, 0.15) is 0 Å². The predicted molar refractivity (Wildman–Crippen MR) is 13.1 cm³/mol. The number of hydrogen-bond acceptors (Lipinski definition) is 2. The minimum Gasteiger partial charge on any atom is 0 e. The number of phosphoric acid groups is 1. The summed E-state index contributed by atoms with van der Waals surface area (Å²) in [6, 6.07) is 0. The van der Waals surface area contributed by atoms with Crippen molar-refractivity contribution in [2.24, 2.45) is 0 Å². The maximum absolute atomic E-state index is 9.50. The van der Waals surface area contributed by atoms with E-state index in [1.54, 1.807) is 0 Å². The fourth-order valence-electron chi connectivity index (χ4n) is 0. The number of hydrogen-bond donors (Lipinski definition) is 2. The summed E-state index contributed by atoms with van der Waals surface area (Å²) in [4.78, 5) is 15.5. The third-order valence-corrected chi connectivity index (χ3v) is 2.62. The largest absolute Gasteiger partial charge is 0 e. The van der Waals surface area contributed by atoms with Crippen LogP contribution in [0.1, 0.15) is 0 Å². The summed E-state index contributed by atoms with van der Waals surface area (Å²) < 4.78 is 13.2. The molecule has 4 nitrogen and oxygen atoms in total. The van der Waals surface area contributed by atoms with Gasteiger partial charge in [0.05, 0.1) is 0 Å². The van der Waals surface area contributed by atoms with E-state index in [1.807, 2.05) is 0 Å². The van der Waals surface area contributed by atoms with Gasteiger partial charge < -0.3 is 0 Å². The first-order chi connectivity index (χ1) is 2.56. The van der Waals surface area contributed by atoms with Crippen LogP contribution in [0.15, 0.2) is 0 Å². The van der Waals surface area contributed by atoms with Gasteiger partial charge in [-0.15, -0.1) is 0 Å². The Labute approximate surface area is 61.4 Å². The predicted octanol–water partition coefficient (Wildman–Crippen LogP) is -0.445. The SMILES string of the molecule is O=P(O)(O)[O][Zn].[Mn]. The first kappa shape index (κ1) is 11.1. The Kier molecular flexibility index (Phi) is 6.60. The van der Waals surface area contributed by atoms with Crippen molar-refractivity contribution in [3.63, 3.8) is 0 Å². The standard InChI is InChI=1S/Mn.H3O4P.Zn/c;1-5(2,3)4;/h;(H3,1,2,3,4);/q;;+1/p-1. The van der Waals surface area contributed by atoms with E-state index in [1.165, 1.54) is 0 Å². The molecule has 0 aromatic heterocycles. The van der Waals surface area contributed by atoms with Gasteiger partial charge in [0.25, 0.3) is 0 Å². The van der Waals surface area contributed by atoms with E-state index in [9.17, 15) is 4.57 Å². The second-order valence-electron chi connectivity index (χ2n) is 0.620. The molecule has 0 aliphatic rings. The van der Waals surface area contributed by atoms with Crippen molar-refractivity contribution in [1.29, 1.82) is 0 Å². The molecule has 7 heavy (non-hydrogen) atoms. The van der Waals surface area contributed by atoms with Gasteiger partial charge in [0, 0.05) is 17.1 Å². The molecule has 0 bridgehead atoms. The van der Waals surface area contributed by atoms with E-state index in [0.29, 0.717) is 0 Å². The molecule has 0 heterocycles. The van der Waals surface area contributed by atoms with E-state index in [4.69, 9.17) is 9.79 Å². The summed E-state index contributed by atoms with van der Waals surface area (Å²) in [5, 5.41) is 0. The molecule has 0 aromatic carbocycles. The molecule has 0 saturated carbocycles. The maximum atomic E-state index is 9.50. The van der Waals surface area contributed by atoms with Crippen LogP contribution in [-0.2, 0) is 43.6 Å². The van der Waals surface area contributed by atoms with Crippen molar-refractivity contribution in [1.82, 2.24) is 0 Å². The molecule has 0 amide bonds. The van der Waals surface area contributed by atoms with E-state index < -0.39 is 7.82 Å². The van der Waals surface area contributed by atoms with Crippen LogP contribution in [0.2, 0.25) is 0 Å². The summed E-state index contributed by atoms with van der Waals surface area (Å²) in [6.07, 6.45) is 0. The minimum atomic E-state index is -4.09. The molecule has 0 spiro atoms. The molecule has 0 rings (SSSR count). The fraction of sp³-hybridized carbons (Fsp3) is 0. The molecule has 0 aliphatic heterocycles. The fourth-order valence-corrected chi connectivity index (χ4v) is 0. The summed E-state index contributed by atoms with van der Waals surface area (Å²) in [6.45, 7) is 0. The molecule has 0 aliphatic carbocycles. The van der Waals surface area contributed by atoms with Crippen LogP contribution < -0.4 is 0 Å². The third kappa shape index (κ3) is 11.1. The Balaban J connectivity index is 0. The van der Waals surface area contributed by atoms with Gasteiger partial charge in [-0.05, 0) is 0 Å². The second-order valence-corrected chi connectivity index (χ2v) is 3.48. The van der Waals surface area contributed by atoms with E-state index >= 15 is 0 Å². The Morgan fingerprint density at radius 2 is 1.71 bits per heavy atom. The Hall–Kier alpha value is 1.25. The van der Waals surface area contributed by atoms with Crippen LogP contribution >= 0.6 is 7.82 Å². The molecular formula is H2MnO4PZn. The van der Waals surface area contributed by atoms with Crippen molar-refractivity contribution in [3.8, 4) is 0 Å². The molecule has 1 radical (unpaired) electrons. The van der Waals surface area contributed by atoms with Crippen LogP contribution in [0.25, 0.3) is 0 Å². The van der Waals surface area contributed by atoms with Gasteiger partial charge >= 0.3 is 44.2 Å². The Morgan fingerprint density at radius 1 is 1.57 bits per heavy atom. The summed E-state index contributed by atoms with van der Waals surface area (Å²) >= 11 is 0.171. The van der Waals surface area contributed by atoms with Crippen LogP contribution in [0, 0.1) is 0 Å². The molecule has 0 unspecified atom stereocenters. The van der Waals surface area contributed by atoms with Crippen molar-refractivity contribution >= 4 is 7.82 Å². The number of rotatable bonds is 1. The smallest absolute Gasteiger partial charge is 0 e. The summed E-state index contributed by atoms with van der Waals surface area (Å²) in [5.41, 5.74) is 0. The molecule has 0 saturated heterocycles. The zero-order valence-corrected chi connectivity index (χ0v) is 8.29. The molecule has 0 aromatic rings. The third-order valence-electron chi connectivity index (χ3n) is 0.168. The second kappa shape index (κ2) is 4.16. The quantitative estimate of drug-likeness (QED) is 0.461. The van der Waals surface area contributed by atoms with Gasteiger partial charge in [-0.1, -0.05) is 0 Å². The summed E-state index contributed by atoms with van der Waals surface area (Å²) in [7, 11) is -4.09. The molecule has 40 valence electrons. The average molecular weight is 217 g/mol. The van der Waals surface area contributed by atoms with Crippen LogP contribution in [-0.4, -0.2) is 9.79 Å². The molecular weight excluding hydrogens is 215 g/mol. The van der Waals surface area contributed by atoms with Crippen molar-refractivity contribution in [2.75, 3.05) is 0 Å². The Morgan fingerprint density at radius 3 is 1.71 bits per heavy atom. The summed E-state index contributed by atoms with van der Waals surface area (Å²) in [5.74, 6) is 0. The molecule has 0 atom stereocenters. The first-order valence-electron chi connectivity index (χ1n) is 1.05. The first-order valence-corrected chi connectivity index (χ1v) is 3.80. The minimum absolute atomic E-state index is 0. The molecule has 0 fully saturated rings. The zero-order valence-electron chi connectivity index (χ0n) is 3.24. The van der Waals surface area contributed by atoms with Crippen LogP contribution in [0.3, 0.4) is 0 Å². The van der Waals surface area contributed by atoms with Gasteiger partial charge in [-0.2, -0.15) is 0 Å². The van der Waals surface area contributed by atoms with E-state index in [-0.39, 0.29) is 35.7 Å². The van der Waals surface area contributed by atoms with E-state index in [2.05, 4.69) is 3.35 Å².